The molecule has 0 aromatic heterocycles. The molecule has 0 aromatic carbocycles. The summed E-state index contributed by atoms with van der Waals surface area (Å²) in [4.78, 5) is 2.61. The van der Waals surface area contributed by atoms with Crippen LogP contribution < -0.4 is 0 Å². The van der Waals surface area contributed by atoms with Gasteiger partial charge in [0, 0.05) is 26.7 Å². The third kappa shape index (κ3) is 6.50. The lowest BCUT2D eigenvalue weighted by atomic mass is 9.81. The molecule has 2 nitrogen and oxygen atoms in total. The molecule has 0 atom stereocenters. The maximum atomic E-state index is 5.27. The maximum Gasteiger partial charge on any atom is 0.0589 e. The van der Waals surface area contributed by atoms with Crippen LogP contribution in [0.2, 0.25) is 0 Å². The summed E-state index contributed by atoms with van der Waals surface area (Å²) in [6.45, 7) is 8.90. The van der Waals surface area contributed by atoms with Crippen molar-refractivity contribution in [3.63, 3.8) is 0 Å². The van der Waals surface area contributed by atoms with Gasteiger partial charge in [-0.15, -0.1) is 0 Å². The average molecular weight is 288 g/mol. The first-order valence-electron chi connectivity index (χ1n) is 7.94. The first-order chi connectivity index (χ1) is 9.12. The normalized spacial score (nSPS) is 19.9. The van der Waals surface area contributed by atoms with Crippen molar-refractivity contribution in [2.45, 2.75) is 52.4 Å². The second-order valence-corrected chi connectivity index (χ2v) is 7.01. The molecule has 1 aliphatic carbocycles. The molecule has 114 valence electrons. The van der Waals surface area contributed by atoms with Crippen LogP contribution in [0, 0.1) is 11.3 Å². The third-order valence-corrected chi connectivity index (χ3v) is 4.96. The highest BCUT2D eigenvalue weighted by atomic mass is 32.1. The van der Waals surface area contributed by atoms with E-state index in [0.717, 1.165) is 24.8 Å². The molecule has 0 unspecified atom stereocenters. The summed E-state index contributed by atoms with van der Waals surface area (Å²) in [5, 5.41) is 0. The topological polar surface area (TPSA) is 12.5 Å². The van der Waals surface area contributed by atoms with Crippen molar-refractivity contribution in [1.82, 2.24) is 4.90 Å². The Morgan fingerprint density at radius 2 is 1.79 bits per heavy atom. The van der Waals surface area contributed by atoms with Crippen LogP contribution in [-0.2, 0) is 4.74 Å². The molecule has 0 amide bonds. The van der Waals surface area contributed by atoms with Crippen LogP contribution in [0.5, 0.6) is 0 Å². The van der Waals surface area contributed by atoms with Crippen molar-refractivity contribution in [3.05, 3.63) is 0 Å². The molecule has 3 heteroatoms. The van der Waals surface area contributed by atoms with Crippen molar-refractivity contribution < 1.29 is 4.74 Å². The Hall–Kier alpha value is 0.270. The summed E-state index contributed by atoms with van der Waals surface area (Å²) in [7, 11) is 1.80. The Bertz CT molecular complexity index is 225. The third-order valence-electron chi connectivity index (χ3n) is 4.29. The summed E-state index contributed by atoms with van der Waals surface area (Å²) in [5.74, 6) is 1.76. The smallest absolute Gasteiger partial charge is 0.0589 e. The van der Waals surface area contributed by atoms with E-state index in [4.69, 9.17) is 17.4 Å². The fourth-order valence-corrected chi connectivity index (χ4v) is 3.71. The first-order valence-corrected chi connectivity index (χ1v) is 8.57. The zero-order valence-corrected chi connectivity index (χ0v) is 14.1. The van der Waals surface area contributed by atoms with Gasteiger partial charge in [0.1, 0.15) is 0 Å². The molecule has 0 saturated heterocycles. The minimum absolute atomic E-state index is 0.447. The van der Waals surface area contributed by atoms with Crippen molar-refractivity contribution in [1.29, 1.82) is 0 Å². The quantitative estimate of drug-likeness (QED) is 0.537. The standard InChI is InChI=1S/C16H33NOS/c1-15(2)12-17(10-11-18-3)13-16(14-19)8-6-4-5-7-9-16/h15,19H,4-14H2,1-3H3. The fourth-order valence-electron chi connectivity index (χ4n) is 3.29. The molecule has 0 spiro atoms. The van der Waals surface area contributed by atoms with E-state index < -0.39 is 0 Å². The Kier molecular flexibility index (Phi) is 8.43. The molecule has 19 heavy (non-hydrogen) atoms. The Morgan fingerprint density at radius 1 is 1.16 bits per heavy atom. The number of ether oxygens (including phenoxy) is 1. The number of methoxy groups -OCH3 is 1. The predicted molar refractivity (Wildman–Crippen MR) is 87.1 cm³/mol. The van der Waals surface area contributed by atoms with Gasteiger partial charge >= 0.3 is 0 Å². The van der Waals surface area contributed by atoms with Gasteiger partial charge in [-0.3, -0.25) is 0 Å². The van der Waals surface area contributed by atoms with Crippen LogP contribution >= 0.6 is 12.6 Å². The molecule has 1 saturated carbocycles. The SMILES string of the molecule is COCCN(CC(C)C)CC1(CS)CCCCCC1. The lowest BCUT2D eigenvalue weighted by Gasteiger charge is -2.37. The Morgan fingerprint density at radius 3 is 2.26 bits per heavy atom. The van der Waals surface area contributed by atoms with Gasteiger partial charge < -0.3 is 9.64 Å². The fraction of sp³-hybridized carbons (Fsp3) is 1.00. The molecule has 0 bridgehead atoms. The minimum Gasteiger partial charge on any atom is -0.383 e. The highest BCUT2D eigenvalue weighted by Gasteiger charge is 2.31. The summed E-state index contributed by atoms with van der Waals surface area (Å²) in [6, 6.07) is 0. The number of nitrogens with zero attached hydrogens (tertiary/aromatic N) is 1. The minimum atomic E-state index is 0.447. The highest BCUT2D eigenvalue weighted by Crippen LogP contribution is 2.37. The lowest BCUT2D eigenvalue weighted by molar-refractivity contribution is 0.0978. The molecule has 0 heterocycles. The molecule has 0 radical (unpaired) electrons. The van der Waals surface area contributed by atoms with Crippen LogP contribution in [-0.4, -0.2) is 44.0 Å². The van der Waals surface area contributed by atoms with Gasteiger partial charge in [-0.2, -0.15) is 12.6 Å². The van der Waals surface area contributed by atoms with Gasteiger partial charge in [0.2, 0.25) is 0 Å². The number of hydrogen-bond donors (Lipinski definition) is 1. The van der Waals surface area contributed by atoms with Gasteiger partial charge in [-0.25, -0.2) is 0 Å². The van der Waals surface area contributed by atoms with Gasteiger partial charge in [0.15, 0.2) is 0 Å². The number of hydrogen-bond acceptors (Lipinski definition) is 3. The average Bonchev–Trinajstić information content (AvgIpc) is 2.61. The van der Waals surface area contributed by atoms with Gasteiger partial charge in [-0.1, -0.05) is 39.5 Å². The monoisotopic (exact) mass is 287 g/mol. The number of rotatable bonds is 8. The predicted octanol–water partition coefficient (Wildman–Crippen LogP) is 3.86. The first kappa shape index (κ1) is 17.3. The molecule has 0 aromatic rings. The largest absolute Gasteiger partial charge is 0.383 e. The second-order valence-electron chi connectivity index (χ2n) is 6.69. The molecule has 1 fully saturated rings. The molecule has 1 rings (SSSR count). The van der Waals surface area contributed by atoms with Crippen LogP contribution in [0.4, 0.5) is 0 Å². The highest BCUT2D eigenvalue weighted by molar-refractivity contribution is 7.80. The van der Waals surface area contributed by atoms with Gasteiger partial charge in [0.05, 0.1) is 6.61 Å². The lowest BCUT2D eigenvalue weighted by Crippen LogP contribution is -2.42. The summed E-state index contributed by atoms with van der Waals surface area (Å²) < 4.78 is 5.27. The summed E-state index contributed by atoms with van der Waals surface area (Å²) in [6.07, 6.45) is 8.33. The zero-order chi connectivity index (χ0) is 14.1. The molecule has 0 N–H and O–H groups in total. The summed E-state index contributed by atoms with van der Waals surface area (Å²) >= 11 is 4.70. The second kappa shape index (κ2) is 9.25. The van der Waals surface area contributed by atoms with E-state index in [1.165, 1.54) is 51.6 Å². The Labute approximate surface area is 125 Å². The van der Waals surface area contributed by atoms with E-state index in [9.17, 15) is 0 Å². The van der Waals surface area contributed by atoms with E-state index in [1.54, 1.807) is 7.11 Å². The van der Waals surface area contributed by atoms with E-state index >= 15 is 0 Å². The van der Waals surface area contributed by atoms with Crippen LogP contribution in [0.25, 0.3) is 0 Å². The maximum absolute atomic E-state index is 5.27. The van der Waals surface area contributed by atoms with Gasteiger partial charge in [-0.05, 0) is 29.9 Å². The molecular formula is C16H33NOS. The zero-order valence-electron chi connectivity index (χ0n) is 13.2. The van der Waals surface area contributed by atoms with E-state index in [2.05, 4.69) is 18.7 Å². The van der Waals surface area contributed by atoms with E-state index in [0.29, 0.717) is 5.41 Å². The van der Waals surface area contributed by atoms with Crippen molar-refractivity contribution in [2.24, 2.45) is 11.3 Å². The van der Waals surface area contributed by atoms with Gasteiger partial charge in [0.25, 0.3) is 0 Å². The summed E-state index contributed by atoms with van der Waals surface area (Å²) in [5.41, 5.74) is 0.447. The van der Waals surface area contributed by atoms with Crippen LogP contribution in [0.15, 0.2) is 0 Å². The Balaban J connectivity index is 2.60. The van der Waals surface area contributed by atoms with Crippen LogP contribution in [0.1, 0.15) is 52.4 Å². The molecule has 0 aliphatic heterocycles. The van der Waals surface area contributed by atoms with Crippen molar-refractivity contribution >= 4 is 12.6 Å². The molecular weight excluding hydrogens is 254 g/mol. The van der Waals surface area contributed by atoms with Crippen LogP contribution in [0.3, 0.4) is 0 Å². The number of thiol groups is 1. The van der Waals surface area contributed by atoms with E-state index in [1.807, 2.05) is 0 Å². The van der Waals surface area contributed by atoms with Crippen molar-refractivity contribution in [2.75, 3.05) is 39.1 Å². The molecule has 1 aliphatic rings. The van der Waals surface area contributed by atoms with Crippen molar-refractivity contribution in [3.8, 4) is 0 Å². The van der Waals surface area contributed by atoms with E-state index in [-0.39, 0.29) is 0 Å².